The molecule has 1 amide bonds. The molecule has 3 aromatic rings. The molecule has 5 rings (SSSR count). The van der Waals surface area contributed by atoms with E-state index in [-0.39, 0.29) is 5.91 Å². The van der Waals surface area contributed by atoms with Crippen LogP contribution in [0.1, 0.15) is 11.1 Å². The lowest BCUT2D eigenvalue weighted by Crippen LogP contribution is -2.43. The fraction of sp³-hybridized carbons (Fsp3) is 0.214. The van der Waals surface area contributed by atoms with Crippen molar-refractivity contribution >= 4 is 57.6 Å². The maximum atomic E-state index is 13.3. The van der Waals surface area contributed by atoms with E-state index in [2.05, 4.69) is 29.0 Å². The molecule has 0 atom stereocenters. The van der Waals surface area contributed by atoms with Gasteiger partial charge in [-0.2, -0.15) is 0 Å². The molecule has 2 fully saturated rings. The smallest absolute Gasteiger partial charge is 0.270 e. The number of nitrogens with zero attached hydrogens (tertiary/aromatic N) is 3. The van der Waals surface area contributed by atoms with Crippen LogP contribution in [0.15, 0.2) is 77.7 Å². The van der Waals surface area contributed by atoms with Crippen LogP contribution < -0.4 is 9.64 Å². The third-order valence-corrected chi connectivity index (χ3v) is 7.75. The maximum absolute atomic E-state index is 13.3. The molecule has 2 aliphatic rings. The highest BCUT2D eigenvalue weighted by Gasteiger charge is 2.33. The number of ether oxygens (including phenoxy) is 1. The van der Waals surface area contributed by atoms with E-state index >= 15 is 0 Å². The van der Waals surface area contributed by atoms with Gasteiger partial charge in [-0.3, -0.25) is 14.6 Å². The number of carbonyl (C=O) groups excluding carboxylic acids is 1. The van der Waals surface area contributed by atoms with Crippen LogP contribution in [0.25, 0.3) is 6.08 Å². The summed E-state index contributed by atoms with van der Waals surface area (Å²) in [6, 6.07) is 23.0. The molecule has 0 unspecified atom stereocenters. The molecular weight excluding hydrogens is 510 g/mol. The molecule has 8 heteroatoms. The average molecular weight is 536 g/mol. The third-order valence-electron chi connectivity index (χ3n) is 6.19. The van der Waals surface area contributed by atoms with Gasteiger partial charge >= 0.3 is 0 Å². The van der Waals surface area contributed by atoms with Crippen molar-refractivity contribution in [1.29, 1.82) is 0 Å². The molecule has 3 aromatic carbocycles. The number of benzene rings is 3. The number of halogens is 1. The van der Waals surface area contributed by atoms with Crippen LogP contribution in [0, 0.1) is 0 Å². The second kappa shape index (κ2) is 11.2. The van der Waals surface area contributed by atoms with Crippen molar-refractivity contribution in [1.82, 2.24) is 9.80 Å². The van der Waals surface area contributed by atoms with E-state index in [1.807, 2.05) is 54.6 Å². The highest BCUT2D eigenvalue weighted by Crippen LogP contribution is 2.36. The van der Waals surface area contributed by atoms with Gasteiger partial charge in [0.15, 0.2) is 4.32 Å². The normalized spacial score (nSPS) is 18.3. The molecule has 2 heterocycles. The van der Waals surface area contributed by atoms with Gasteiger partial charge in [-0.1, -0.05) is 59.8 Å². The lowest BCUT2D eigenvalue weighted by molar-refractivity contribution is -0.113. The monoisotopic (exact) mass is 535 g/mol. The number of anilines is 1. The van der Waals surface area contributed by atoms with E-state index in [1.165, 1.54) is 17.3 Å². The zero-order valence-corrected chi connectivity index (χ0v) is 22.3. The Labute approximate surface area is 226 Å². The van der Waals surface area contributed by atoms with Crippen LogP contribution in [-0.2, 0) is 11.3 Å². The first-order chi connectivity index (χ1) is 17.4. The van der Waals surface area contributed by atoms with Crippen molar-refractivity contribution in [3.8, 4) is 11.5 Å². The Morgan fingerprint density at radius 1 is 0.972 bits per heavy atom. The number of thiocarbonyl (C=S) groups is 1. The summed E-state index contributed by atoms with van der Waals surface area (Å²) in [5.74, 6) is 1.32. The van der Waals surface area contributed by atoms with Gasteiger partial charge in [-0.05, 0) is 72.8 Å². The van der Waals surface area contributed by atoms with Gasteiger partial charge in [0.25, 0.3) is 5.91 Å². The standard InChI is InChI=1S/C28H26ClN3O2S2/c1-30-13-15-31(16-14-30)19-21-3-2-4-23(17-21)32-27(33)26(36-28(32)35)18-20-5-9-24(10-6-20)34-25-11-7-22(29)8-12-25/h2-12,17-18H,13-16,19H2,1H3. The van der Waals surface area contributed by atoms with Crippen molar-refractivity contribution in [3.63, 3.8) is 0 Å². The molecule has 184 valence electrons. The first-order valence-electron chi connectivity index (χ1n) is 11.8. The molecule has 0 bridgehead atoms. The predicted octanol–water partition coefficient (Wildman–Crippen LogP) is 6.29. The molecule has 0 saturated carbocycles. The number of hydrogen-bond acceptors (Lipinski definition) is 6. The van der Waals surface area contributed by atoms with Crippen molar-refractivity contribution in [2.45, 2.75) is 6.54 Å². The summed E-state index contributed by atoms with van der Waals surface area (Å²) in [6.45, 7) is 5.12. The average Bonchev–Trinajstić information content (AvgIpc) is 3.16. The minimum Gasteiger partial charge on any atom is -0.457 e. The van der Waals surface area contributed by atoms with E-state index in [0.29, 0.717) is 25.7 Å². The number of piperazine rings is 1. The minimum atomic E-state index is -0.0942. The van der Waals surface area contributed by atoms with Gasteiger partial charge < -0.3 is 9.64 Å². The third kappa shape index (κ3) is 5.99. The van der Waals surface area contributed by atoms with E-state index in [0.717, 1.165) is 44.0 Å². The Balaban J connectivity index is 1.27. The minimum absolute atomic E-state index is 0.0942. The molecule has 2 aliphatic heterocycles. The Bertz CT molecular complexity index is 1290. The van der Waals surface area contributed by atoms with E-state index in [1.54, 1.807) is 17.0 Å². The summed E-state index contributed by atoms with van der Waals surface area (Å²) in [7, 11) is 2.16. The molecule has 0 radical (unpaired) electrons. The number of rotatable bonds is 6. The first-order valence-corrected chi connectivity index (χ1v) is 13.4. The molecule has 0 aliphatic carbocycles. The quantitative estimate of drug-likeness (QED) is 0.273. The maximum Gasteiger partial charge on any atom is 0.270 e. The zero-order chi connectivity index (χ0) is 25.1. The molecule has 0 aromatic heterocycles. The second-order valence-corrected chi connectivity index (χ2v) is 11.0. The molecule has 36 heavy (non-hydrogen) atoms. The highest BCUT2D eigenvalue weighted by atomic mass is 35.5. The van der Waals surface area contributed by atoms with Crippen LogP contribution in [0.4, 0.5) is 5.69 Å². The fourth-order valence-electron chi connectivity index (χ4n) is 4.17. The van der Waals surface area contributed by atoms with Crippen molar-refractivity contribution in [2.75, 3.05) is 38.1 Å². The molecule has 0 N–H and O–H groups in total. The highest BCUT2D eigenvalue weighted by molar-refractivity contribution is 8.27. The van der Waals surface area contributed by atoms with Crippen molar-refractivity contribution < 1.29 is 9.53 Å². The van der Waals surface area contributed by atoms with Gasteiger partial charge in [-0.15, -0.1) is 0 Å². The number of thioether (sulfide) groups is 1. The molecule has 5 nitrogen and oxygen atoms in total. The van der Waals surface area contributed by atoms with Gasteiger partial charge in [-0.25, -0.2) is 0 Å². The van der Waals surface area contributed by atoms with Crippen LogP contribution in [0.2, 0.25) is 5.02 Å². The van der Waals surface area contributed by atoms with Crippen LogP contribution in [0.3, 0.4) is 0 Å². The second-order valence-electron chi connectivity index (χ2n) is 8.89. The Morgan fingerprint density at radius 2 is 1.64 bits per heavy atom. The zero-order valence-electron chi connectivity index (χ0n) is 19.9. The fourth-order valence-corrected chi connectivity index (χ4v) is 5.60. The SMILES string of the molecule is CN1CCN(Cc2cccc(N3C(=O)C(=Cc4ccc(Oc5ccc(Cl)cc5)cc4)SC3=S)c2)CC1. The van der Waals surface area contributed by atoms with Crippen LogP contribution >= 0.6 is 35.6 Å². The Hall–Kier alpha value is -2.68. The molecular formula is C28H26ClN3O2S2. The summed E-state index contributed by atoms with van der Waals surface area (Å²) in [5.41, 5.74) is 2.91. The predicted molar refractivity (Wildman–Crippen MR) is 153 cm³/mol. The summed E-state index contributed by atoms with van der Waals surface area (Å²) in [4.78, 5) is 20.3. The van der Waals surface area contributed by atoms with Gasteiger partial charge in [0.2, 0.25) is 0 Å². The van der Waals surface area contributed by atoms with Crippen molar-refractivity contribution in [3.05, 3.63) is 93.9 Å². The number of carbonyl (C=O) groups is 1. The summed E-state index contributed by atoms with van der Waals surface area (Å²) >= 11 is 12.9. The number of likely N-dealkylation sites (N-methyl/N-ethyl adjacent to an activating group) is 1. The number of amides is 1. The van der Waals surface area contributed by atoms with Gasteiger partial charge in [0.1, 0.15) is 11.5 Å². The van der Waals surface area contributed by atoms with Crippen LogP contribution in [-0.4, -0.2) is 53.3 Å². The Morgan fingerprint density at radius 3 is 2.33 bits per heavy atom. The van der Waals surface area contributed by atoms with Gasteiger partial charge in [0.05, 0.1) is 10.6 Å². The molecule has 2 saturated heterocycles. The molecule has 0 spiro atoms. The van der Waals surface area contributed by atoms with Crippen LogP contribution in [0.5, 0.6) is 11.5 Å². The summed E-state index contributed by atoms with van der Waals surface area (Å²) in [6.07, 6.45) is 1.87. The van der Waals surface area contributed by atoms with Crippen molar-refractivity contribution in [2.24, 2.45) is 0 Å². The van der Waals surface area contributed by atoms with E-state index in [9.17, 15) is 4.79 Å². The Kier molecular flexibility index (Phi) is 7.74. The lowest BCUT2D eigenvalue weighted by Gasteiger charge is -2.32. The summed E-state index contributed by atoms with van der Waals surface area (Å²) < 4.78 is 6.40. The van der Waals surface area contributed by atoms with E-state index < -0.39 is 0 Å². The topological polar surface area (TPSA) is 36.0 Å². The van der Waals surface area contributed by atoms with E-state index in [4.69, 9.17) is 28.6 Å². The van der Waals surface area contributed by atoms with Gasteiger partial charge in [0, 0.05) is 37.7 Å². The summed E-state index contributed by atoms with van der Waals surface area (Å²) in [5, 5.41) is 0.664. The largest absolute Gasteiger partial charge is 0.457 e. The lowest BCUT2D eigenvalue weighted by atomic mass is 10.1. The first kappa shape index (κ1) is 25.0. The number of hydrogen-bond donors (Lipinski definition) is 0.